The Labute approximate surface area is 204 Å². The third-order valence-corrected chi connectivity index (χ3v) is 8.06. The molecule has 2 aromatic heterocycles. The molecule has 1 amide bonds. The van der Waals surface area contributed by atoms with Crippen LogP contribution in [0.1, 0.15) is 5.56 Å². The maximum Gasteiger partial charge on any atom is 0.352 e. The van der Waals surface area contributed by atoms with Crippen LogP contribution in [0.5, 0.6) is 0 Å². The fourth-order valence-electron chi connectivity index (χ4n) is 3.92. The molecule has 1 saturated heterocycles. The molecule has 1 unspecified atom stereocenters. The number of nitrogens with zero attached hydrogens (tertiary/aromatic N) is 6. The number of benzene rings is 1. The summed E-state index contributed by atoms with van der Waals surface area (Å²) in [5.74, 6) is -0.403. The summed E-state index contributed by atoms with van der Waals surface area (Å²) in [6.07, 6.45) is 3.92. The van der Waals surface area contributed by atoms with Crippen LogP contribution < -0.4 is 9.88 Å². The number of carbonyl (C=O) groups is 2. The molecule has 34 heavy (non-hydrogen) atoms. The van der Waals surface area contributed by atoms with E-state index in [2.05, 4.69) is 37.5 Å². The van der Waals surface area contributed by atoms with Gasteiger partial charge in [-0.05, 0) is 16.0 Å². The molecule has 2 N–H and O–H groups in total. The molecule has 2 aliphatic heterocycles. The topological polar surface area (TPSA) is 117 Å². The van der Waals surface area contributed by atoms with Crippen LogP contribution in [0.3, 0.4) is 0 Å². The van der Waals surface area contributed by atoms with Gasteiger partial charge in [0.15, 0.2) is 18.9 Å². The van der Waals surface area contributed by atoms with Gasteiger partial charge in [-0.3, -0.25) is 9.69 Å². The second-order valence-corrected chi connectivity index (χ2v) is 9.96. The molecule has 0 bridgehead atoms. The van der Waals surface area contributed by atoms with E-state index in [9.17, 15) is 14.7 Å². The number of pyridine rings is 1. The first-order chi connectivity index (χ1) is 16.5. The Bertz CT molecular complexity index is 1250. The molecule has 12 heteroatoms. The van der Waals surface area contributed by atoms with Crippen LogP contribution in [0, 0.1) is 0 Å². The van der Waals surface area contributed by atoms with Gasteiger partial charge >= 0.3 is 5.97 Å². The summed E-state index contributed by atoms with van der Waals surface area (Å²) in [4.78, 5) is 26.4. The van der Waals surface area contributed by atoms with E-state index in [1.807, 2.05) is 42.7 Å². The van der Waals surface area contributed by atoms with Crippen molar-refractivity contribution in [3.8, 4) is 0 Å². The van der Waals surface area contributed by atoms with Crippen LogP contribution in [-0.2, 0) is 23.2 Å². The van der Waals surface area contributed by atoms with Crippen LogP contribution in [0.2, 0.25) is 0 Å². The summed E-state index contributed by atoms with van der Waals surface area (Å²) in [6, 6.07) is 13.6. The number of carboxylic acids is 1. The van der Waals surface area contributed by atoms with Crippen molar-refractivity contribution in [1.82, 2.24) is 25.1 Å². The van der Waals surface area contributed by atoms with E-state index in [0.29, 0.717) is 22.2 Å². The van der Waals surface area contributed by atoms with Gasteiger partial charge in [0.1, 0.15) is 17.1 Å². The SMILES string of the molecule is Cn1nnnc1SCC1=C(C(=O)O)N2C(=O)C(Nc3cc[n+](Cc4ccccc4)cc3)[C@H]2SC1. The van der Waals surface area contributed by atoms with Crippen molar-refractivity contribution in [2.45, 2.75) is 23.1 Å². The lowest BCUT2D eigenvalue weighted by atomic mass is 10.0. The number of hydrogen-bond acceptors (Lipinski definition) is 8. The number of nitrogens with one attached hydrogen (secondary N) is 1. The monoisotopic (exact) mass is 496 g/mol. The first-order valence-electron chi connectivity index (χ1n) is 10.6. The second kappa shape index (κ2) is 9.47. The average molecular weight is 497 g/mol. The number of hydrogen-bond donors (Lipinski definition) is 2. The Hall–Kier alpha value is -3.38. The highest BCUT2D eigenvalue weighted by Crippen LogP contribution is 2.42. The first-order valence-corrected chi connectivity index (χ1v) is 12.6. The number of anilines is 1. The average Bonchev–Trinajstić information content (AvgIpc) is 3.26. The zero-order chi connectivity index (χ0) is 23.7. The summed E-state index contributed by atoms with van der Waals surface area (Å²) in [5, 5.41) is 24.8. The third kappa shape index (κ3) is 4.38. The molecule has 10 nitrogen and oxygen atoms in total. The zero-order valence-corrected chi connectivity index (χ0v) is 19.9. The summed E-state index contributed by atoms with van der Waals surface area (Å²) in [6.45, 7) is 0.758. The molecule has 2 atom stereocenters. The minimum Gasteiger partial charge on any atom is -0.477 e. The number of aromatic nitrogens is 5. The molecule has 0 radical (unpaired) electrons. The van der Waals surface area contributed by atoms with E-state index in [0.717, 1.165) is 12.2 Å². The maximum atomic E-state index is 13.0. The van der Waals surface area contributed by atoms with Gasteiger partial charge in [-0.2, -0.15) is 0 Å². The lowest BCUT2D eigenvalue weighted by molar-refractivity contribution is -0.688. The number of carboxylic acid groups (broad SMARTS) is 1. The largest absolute Gasteiger partial charge is 0.477 e. The molecule has 2 aliphatic rings. The van der Waals surface area contributed by atoms with Gasteiger partial charge in [0, 0.05) is 41.9 Å². The molecule has 1 aromatic carbocycles. The Morgan fingerprint density at radius 1 is 1.26 bits per heavy atom. The molecule has 174 valence electrons. The number of rotatable bonds is 8. The number of fused-ring (bicyclic) bond motifs is 1. The van der Waals surface area contributed by atoms with Gasteiger partial charge in [0.25, 0.3) is 5.91 Å². The van der Waals surface area contributed by atoms with Gasteiger partial charge in [-0.15, -0.1) is 16.9 Å². The normalized spacial score (nSPS) is 19.6. The highest BCUT2D eigenvalue weighted by Gasteiger charge is 2.53. The van der Waals surface area contributed by atoms with E-state index >= 15 is 0 Å². The van der Waals surface area contributed by atoms with Crippen molar-refractivity contribution in [2.75, 3.05) is 16.8 Å². The highest BCUT2D eigenvalue weighted by molar-refractivity contribution is 8.01. The van der Waals surface area contributed by atoms with Gasteiger partial charge < -0.3 is 10.4 Å². The molecule has 1 fully saturated rings. The van der Waals surface area contributed by atoms with Crippen LogP contribution in [0.4, 0.5) is 5.69 Å². The third-order valence-electron chi connectivity index (χ3n) is 5.63. The Morgan fingerprint density at radius 2 is 2.03 bits per heavy atom. The van der Waals surface area contributed by atoms with Gasteiger partial charge in [0.05, 0.1) is 0 Å². The number of aliphatic carboxylic acids is 1. The minimum absolute atomic E-state index is 0.0724. The molecular formula is C22H22N7O3S2+. The van der Waals surface area contributed by atoms with Crippen molar-refractivity contribution in [1.29, 1.82) is 0 Å². The number of aryl methyl sites for hydroxylation is 1. The van der Waals surface area contributed by atoms with Crippen LogP contribution >= 0.6 is 23.5 Å². The van der Waals surface area contributed by atoms with Crippen molar-refractivity contribution in [3.63, 3.8) is 0 Å². The molecule has 3 aromatic rings. The minimum atomic E-state index is -1.09. The lowest BCUT2D eigenvalue weighted by Gasteiger charge is -2.49. The van der Waals surface area contributed by atoms with E-state index < -0.39 is 12.0 Å². The molecule has 0 spiro atoms. The van der Waals surface area contributed by atoms with Crippen molar-refractivity contribution in [3.05, 3.63) is 71.7 Å². The van der Waals surface area contributed by atoms with E-state index in [-0.39, 0.29) is 17.0 Å². The van der Waals surface area contributed by atoms with Crippen molar-refractivity contribution < 1.29 is 19.3 Å². The van der Waals surface area contributed by atoms with Gasteiger partial charge in [-0.25, -0.2) is 14.0 Å². The van der Waals surface area contributed by atoms with Gasteiger partial charge in [0.2, 0.25) is 5.16 Å². The summed E-state index contributed by atoms with van der Waals surface area (Å²) >= 11 is 2.92. The predicted molar refractivity (Wildman–Crippen MR) is 127 cm³/mol. The van der Waals surface area contributed by atoms with Gasteiger partial charge in [-0.1, -0.05) is 42.1 Å². The fraction of sp³-hybridized carbons (Fsp3) is 0.273. The Balaban J connectivity index is 1.25. The highest BCUT2D eigenvalue weighted by atomic mass is 32.2. The zero-order valence-electron chi connectivity index (χ0n) is 18.2. The standard InChI is InChI=1S/C22H21N7O3S2/c1-27-22(24-25-26-27)34-13-15-12-33-20-17(19(30)29(20)18(15)21(31)32)23-16-7-9-28(10-8-16)11-14-5-3-2-4-6-14/h2-10,17,20H,11-13H2,1H3,(H,31,32)/p+1/t17?,20-/m1/s1. The number of thioether (sulfide) groups is 2. The smallest absolute Gasteiger partial charge is 0.352 e. The molecule has 5 rings (SSSR count). The molecule has 4 heterocycles. The summed E-state index contributed by atoms with van der Waals surface area (Å²) < 4.78 is 3.59. The maximum absolute atomic E-state index is 13.0. The molecule has 0 aliphatic carbocycles. The lowest BCUT2D eigenvalue weighted by Crippen LogP contribution is -2.67. The Morgan fingerprint density at radius 3 is 2.71 bits per heavy atom. The van der Waals surface area contributed by atoms with Crippen LogP contribution in [0.15, 0.2) is 71.3 Å². The van der Waals surface area contributed by atoms with Crippen molar-refractivity contribution >= 4 is 41.1 Å². The van der Waals surface area contributed by atoms with E-state index in [4.69, 9.17) is 0 Å². The number of β-lactam (4-membered cyclic amide) rings is 1. The quantitative estimate of drug-likeness (QED) is 0.271. The predicted octanol–water partition coefficient (Wildman–Crippen LogP) is 1.37. The van der Waals surface area contributed by atoms with Crippen LogP contribution in [0.25, 0.3) is 0 Å². The number of amides is 1. The van der Waals surface area contributed by atoms with Crippen LogP contribution in [-0.4, -0.2) is 65.0 Å². The molecule has 0 saturated carbocycles. The summed E-state index contributed by atoms with van der Waals surface area (Å²) in [5.41, 5.74) is 2.78. The summed E-state index contributed by atoms with van der Waals surface area (Å²) in [7, 11) is 1.72. The number of tetrazole rings is 1. The number of carbonyl (C=O) groups excluding carboxylic acids is 1. The fourth-order valence-corrected chi connectivity index (χ4v) is 6.26. The first kappa shape index (κ1) is 22.4. The van der Waals surface area contributed by atoms with Crippen molar-refractivity contribution in [2.24, 2.45) is 7.05 Å². The molecular weight excluding hydrogens is 474 g/mol. The second-order valence-electron chi connectivity index (χ2n) is 7.91. The van der Waals surface area contributed by atoms with E-state index in [1.54, 1.807) is 18.8 Å². The van der Waals surface area contributed by atoms with E-state index in [1.165, 1.54) is 26.9 Å². The Kier molecular flexibility index (Phi) is 6.24.